The van der Waals surface area contributed by atoms with Crippen molar-refractivity contribution in [3.63, 3.8) is 0 Å². The van der Waals surface area contributed by atoms with Gasteiger partial charge in [-0.05, 0) is 43.7 Å². The van der Waals surface area contributed by atoms with Crippen LogP contribution in [0.15, 0.2) is 36.4 Å². The highest BCUT2D eigenvalue weighted by molar-refractivity contribution is 5.88. The van der Waals surface area contributed by atoms with Crippen LogP contribution in [0.25, 0.3) is 0 Å². The molecule has 2 atom stereocenters. The van der Waals surface area contributed by atoms with Crippen molar-refractivity contribution in [2.45, 2.75) is 96.6 Å². The summed E-state index contributed by atoms with van der Waals surface area (Å²) >= 11 is 0. The van der Waals surface area contributed by atoms with Crippen LogP contribution < -0.4 is 11.1 Å². The number of carbonyl (C=O) groups excluding carboxylic acids is 2. The smallest absolute Gasteiger partial charge is 0.340 e. The van der Waals surface area contributed by atoms with E-state index in [-0.39, 0.29) is 17.9 Å². The van der Waals surface area contributed by atoms with E-state index in [4.69, 9.17) is 10.8 Å². The number of amides is 2. The Bertz CT molecular complexity index is 866. The zero-order chi connectivity index (χ0) is 26.0. The number of rotatable bonds is 8. The van der Waals surface area contributed by atoms with Crippen LogP contribution in [-0.2, 0) is 27.5 Å². The van der Waals surface area contributed by atoms with Crippen molar-refractivity contribution in [1.29, 1.82) is 0 Å². The second-order valence-electron chi connectivity index (χ2n) is 9.97. The normalized spacial score (nSPS) is 17.8. The highest BCUT2D eigenvalue weighted by Crippen LogP contribution is 2.28. The number of halogens is 1. The van der Waals surface area contributed by atoms with Gasteiger partial charge in [0.05, 0.1) is 6.04 Å². The van der Waals surface area contributed by atoms with Crippen LogP contribution >= 0.6 is 0 Å². The van der Waals surface area contributed by atoms with Gasteiger partial charge in [0, 0.05) is 25.2 Å². The summed E-state index contributed by atoms with van der Waals surface area (Å²) in [5.41, 5.74) is 6.23. The minimum absolute atomic E-state index is 0.00103. The van der Waals surface area contributed by atoms with Crippen LogP contribution in [-0.4, -0.2) is 45.5 Å². The molecule has 0 radical (unpaired) electrons. The molecule has 35 heavy (non-hydrogen) atoms. The second-order valence-corrected chi connectivity index (χ2v) is 9.97. The fraction of sp³-hybridized carbons (Fsp3) is 0.593. The van der Waals surface area contributed by atoms with E-state index in [1.54, 1.807) is 6.08 Å². The molecule has 0 unspecified atom stereocenters. The second kappa shape index (κ2) is 13.4. The summed E-state index contributed by atoms with van der Waals surface area (Å²) in [5.74, 6) is -0.951. The van der Waals surface area contributed by atoms with Crippen molar-refractivity contribution < 1.29 is 23.9 Å². The number of carbonyl (C=O) groups is 3. The molecule has 1 aliphatic heterocycles. The van der Waals surface area contributed by atoms with Crippen LogP contribution in [0.2, 0.25) is 0 Å². The van der Waals surface area contributed by atoms with E-state index in [2.05, 4.69) is 17.4 Å². The molecule has 0 saturated heterocycles. The molecular weight excluding hydrogens is 449 g/mol. The number of nitrogens with two attached hydrogens (primary N) is 1. The van der Waals surface area contributed by atoms with Crippen LogP contribution in [0.3, 0.4) is 0 Å². The lowest BCUT2D eigenvalue weighted by molar-refractivity contribution is -0.148. The molecule has 2 amide bonds. The number of hydrogen-bond acceptors (Lipinski definition) is 4. The number of carboxylic acids is 1. The summed E-state index contributed by atoms with van der Waals surface area (Å²) < 4.78 is 11.9. The molecule has 1 aromatic rings. The van der Waals surface area contributed by atoms with Crippen molar-refractivity contribution in [1.82, 2.24) is 10.2 Å². The van der Waals surface area contributed by atoms with E-state index in [0.29, 0.717) is 25.4 Å². The maximum atomic E-state index is 12.7. The highest BCUT2D eigenvalue weighted by Gasteiger charge is 2.25. The Morgan fingerprint density at radius 2 is 1.71 bits per heavy atom. The topological polar surface area (TPSA) is 113 Å². The first kappa shape index (κ1) is 28.5. The molecular formula is C27H40FN3O4. The van der Waals surface area contributed by atoms with Crippen molar-refractivity contribution in [3.05, 3.63) is 47.5 Å². The Labute approximate surface area is 207 Å². The van der Waals surface area contributed by atoms with E-state index in [9.17, 15) is 18.8 Å². The maximum Gasteiger partial charge on any atom is 0.340 e. The Balaban J connectivity index is 0.000000540. The maximum absolute atomic E-state index is 12.7. The van der Waals surface area contributed by atoms with Crippen molar-refractivity contribution in [2.75, 3.05) is 0 Å². The first-order valence-corrected chi connectivity index (χ1v) is 12.5. The minimum atomic E-state index is -2.08. The zero-order valence-corrected chi connectivity index (χ0v) is 21.1. The molecule has 1 heterocycles. The van der Waals surface area contributed by atoms with Gasteiger partial charge in [-0.25, -0.2) is 9.18 Å². The molecule has 1 aliphatic carbocycles. The molecule has 0 spiro atoms. The average Bonchev–Trinajstić information content (AvgIpc) is 3.26. The van der Waals surface area contributed by atoms with Crippen LogP contribution in [0.4, 0.5) is 4.39 Å². The number of fused-ring (bicyclic) bond motifs is 1. The van der Waals surface area contributed by atoms with E-state index in [1.165, 1.54) is 43.2 Å². The number of aliphatic carboxylic acids is 1. The molecule has 194 valence electrons. The third-order valence-electron chi connectivity index (χ3n) is 6.55. The lowest BCUT2D eigenvalue weighted by Gasteiger charge is -2.26. The third-order valence-corrected chi connectivity index (χ3v) is 6.55. The monoisotopic (exact) mass is 489 g/mol. The third kappa shape index (κ3) is 9.43. The molecule has 0 bridgehead atoms. The zero-order valence-electron chi connectivity index (χ0n) is 21.1. The largest absolute Gasteiger partial charge is 0.479 e. The number of hydrogen-bond donors (Lipinski definition) is 3. The van der Waals surface area contributed by atoms with Gasteiger partial charge in [0.2, 0.25) is 17.5 Å². The molecule has 0 aromatic heterocycles. The molecule has 8 heteroatoms. The van der Waals surface area contributed by atoms with Crippen LogP contribution in [0.1, 0.15) is 76.8 Å². The van der Waals surface area contributed by atoms with Gasteiger partial charge < -0.3 is 21.1 Å². The number of carboxylic acid groups (broad SMARTS) is 1. The average molecular weight is 490 g/mol. The number of nitrogens with zero attached hydrogens (tertiary/aromatic N) is 1. The van der Waals surface area contributed by atoms with Gasteiger partial charge in [-0.1, -0.05) is 69.4 Å². The van der Waals surface area contributed by atoms with Gasteiger partial charge >= 0.3 is 5.97 Å². The summed E-state index contributed by atoms with van der Waals surface area (Å²) in [6.45, 7) is 5.20. The minimum Gasteiger partial charge on any atom is -0.479 e. The Morgan fingerprint density at radius 1 is 1.17 bits per heavy atom. The first-order valence-electron chi connectivity index (χ1n) is 12.5. The van der Waals surface area contributed by atoms with Crippen molar-refractivity contribution >= 4 is 17.8 Å². The van der Waals surface area contributed by atoms with E-state index >= 15 is 0 Å². The van der Waals surface area contributed by atoms with Crippen molar-refractivity contribution in [3.8, 4) is 0 Å². The molecule has 3 rings (SSSR count). The number of benzene rings is 1. The highest BCUT2D eigenvalue weighted by atomic mass is 19.1. The lowest BCUT2D eigenvalue weighted by Crippen LogP contribution is -2.45. The molecule has 7 nitrogen and oxygen atoms in total. The fourth-order valence-corrected chi connectivity index (χ4v) is 4.24. The van der Waals surface area contributed by atoms with Gasteiger partial charge in [-0.3, -0.25) is 9.59 Å². The SMILES string of the molecule is CC(C)(F)C(=O)O.CC[C@H](N)C(=O)N[C@H](/C=C/C(=O)N1Cc2ccccc2C1)CC1CCCCC1. The molecule has 4 N–H and O–H groups in total. The summed E-state index contributed by atoms with van der Waals surface area (Å²) in [7, 11) is 0. The molecule has 1 saturated carbocycles. The van der Waals surface area contributed by atoms with Gasteiger partial charge in [0.1, 0.15) is 0 Å². The van der Waals surface area contributed by atoms with E-state index in [0.717, 1.165) is 20.3 Å². The predicted octanol–water partition coefficient (Wildman–Crippen LogP) is 4.10. The lowest BCUT2D eigenvalue weighted by atomic mass is 9.84. The quantitative estimate of drug-likeness (QED) is 0.476. The Kier molecular flexibility index (Phi) is 10.9. The van der Waals surface area contributed by atoms with Gasteiger partial charge in [0.25, 0.3) is 0 Å². The Hall–Kier alpha value is -2.74. The predicted molar refractivity (Wildman–Crippen MR) is 134 cm³/mol. The summed E-state index contributed by atoms with van der Waals surface area (Å²) in [4.78, 5) is 36.5. The van der Waals surface area contributed by atoms with Crippen molar-refractivity contribution in [2.24, 2.45) is 11.7 Å². The summed E-state index contributed by atoms with van der Waals surface area (Å²) in [6, 6.07) is 7.54. The number of nitrogens with one attached hydrogen (secondary N) is 1. The van der Waals surface area contributed by atoms with Gasteiger partial charge in [0.15, 0.2) is 0 Å². The van der Waals surface area contributed by atoms with Gasteiger partial charge in [-0.2, -0.15) is 0 Å². The van der Waals surface area contributed by atoms with E-state index < -0.39 is 17.7 Å². The van der Waals surface area contributed by atoms with Crippen LogP contribution in [0.5, 0.6) is 0 Å². The first-order chi connectivity index (χ1) is 16.5. The van der Waals surface area contributed by atoms with Gasteiger partial charge in [-0.15, -0.1) is 0 Å². The number of alkyl halides is 1. The summed E-state index contributed by atoms with van der Waals surface area (Å²) in [6.07, 6.45) is 11.2. The molecule has 1 fully saturated rings. The molecule has 2 aliphatic rings. The standard InChI is InChI=1S/C23H33N3O2.C4H7FO2/c1-2-21(24)23(28)25-20(14-17-8-4-3-5-9-17)12-13-22(27)26-15-18-10-6-7-11-19(18)16-26;1-4(2,5)3(6)7/h6-7,10-13,17,20-21H,2-5,8-9,14-16,24H2,1H3,(H,25,28);1-2H3,(H,6,7)/b13-12+;/t20-,21+;/m1./s1. The van der Waals surface area contributed by atoms with E-state index in [1.807, 2.05) is 30.0 Å². The summed E-state index contributed by atoms with van der Waals surface area (Å²) in [5, 5.41) is 10.9. The Morgan fingerprint density at radius 3 is 2.20 bits per heavy atom. The van der Waals surface area contributed by atoms with Crippen LogP contribution in [0, 0.1) is 5.92 Å². The molecule has 1 aromatic carbocycles. The fourth-order valence-electron chi connectivity index (χ4n) is 4.24.